The summed E-state index contributed by atoms with van der Waals surface area (Å²) in [5.41, 5.74) is 1.24. The van der Waals surface area contributed by atoms with Gasteiger partial charge in [-0.05, 0) is 18.2 Å². The summed E-state index contributed by atoms with van der Waals surface area (Å²) in [4.78, 5) is 26.5. The van der Waals surface area contributed by atoms with E-state index < -0.39 is 12.0 Å². The second-order valence-corrected chi connectivity index (χ2v) is 4.79. The highest BCUT2D eigenvalue weighted by atomic mass is 35.5. The number of hydrogen-bond donors (Lipinski definition) is 2. The molecule has 0 spiro atoms. The van der Waals surface area contributed by atoms with E-state index in [1.807, 2.05) is 0 Å². The van der Waals surface area contributed by atoms with Gasteiger partial charge in [-0.1, -0.05) is 17.7 Å². The Kier molecular flexibility index (Phi) is 4.20. The Morgan fingerprint density at radius 1 is 1.40 bits per heavy atom. The molecule has 6 heteroatoms. The van der Waals surface area contributed by atoms with Gasteiger partial charge >= 0.3 is 5.97 Å². The van der Waals surface area contributed by atoms with Crippen LogP contribution < -0.4 is 5.32 Å². The van der Waals surface area contributed by atoms with Gasteiger partial charge < -0.3 is 10.4 Å². The highest BCUT2D eigenvalue weighted by molar-refractivity contribution is 6.35. The lowest BCUT2D eigenvalue weighted by atomic mass is 10.00. The van der Waals surface area contributed by atoms with Crippen LogP contribution in [0, 0.1) is 0 Å². The normalized spacial score (nSPS) is 12.1. The molecule has 0 radical (unpaired) electrons. The van der Waals surface area contributed by atoms with Gasteiger partial charge in [0.2, 0.25) is 5.91 Å². The van der Waals surface area contributed by atoms with E-state index in [0.29, 0.717) is 16.1 Å². The van der Waals surface area contributed by atoms with Gasteiger partial charge in [-0.2, -0.15) is 0 Å². The molecule has 2 rings (SSSR count). The van der Waals surface area contributed by atoms with Crippen LogP contribution in [-0.2, 0) is 9.59 Å². The zero-order valence-electron chi connectivity index (χ0n) is 10.8. The van der Waals surface area contributed by atoms with Crippen LogP contribution in [0.2, 0.25) is 5.02 Å². The molecule has 1 amide bonds. The number of nitrogens with zero attached hydrogens (tertiary/aromatic N) is 1. The summed E-state index contributed by atoms with van der Waals surface area (Å²) in [5, 5.41) is 12.9. The molecule has 1 atom stereocenters. The Bertz CT molecular complexity index is 657. The summed E-state index contributed by atoms with van der Waals surface area (Å²) in [6, 6.07) is 6.29. The average Bonchev–Trinajstić information content (AvgIpc) is 2.37. The molecule has 0 aliphatic rings. The van der Waals surface area contributed by atoms with Gasteiger partial charge in [-0.25, -0.2) is 0 Å². The van der Waals surface area contributed by atoms with E-state index in [1.165, 1.54) is 6.92 Å². The van der Waals surface area contributed by atoms with Crippen molar-refractivity contribution in [1.82, 2.24) is 10.3 Å². The maximum atomic E-state index is 11.3. The van der Waals surface area contributed by atoms with Crippen LogP contribution >= 0.6 is 11.6 Å². The molecule has 0 aliphatic heterocycles. The van der Waals surface area contributed by atoms with Gasteiger partial charge in [-0.15, -0.1) is 0 Å². The first-order valence-electron chi connectivity index (χ1n) is 6.01. The van der Waals surface area contributed by atoms with Crippen LogP contribution in [0.4, 0.5) is 0 Å². The predicted octanol–water partition coefficient (Wildman–Crippen LogP) is 2.54. The van der Waals surface area contributed by atoms with Crippen molar-refractivity contribution in [3.63, 3.8) is 0 Å². The van der Waals surface area contributed by atoms with Crippen LogP contribution in [0.3, 0.4) is 0 Å². The summed E-state index contributed by atoms with van der Waals surface area (Å²) in [6.07, 6.45) is 1.39. The fourth-order valence-electron chi connectivity index (χ4n) is 2.10. The second kappa shape index (κ2) is 5.88. The lowest BCUT2D eigenvalue weighted by molar-refractivity contribution is -0.137. The molecule has 1 aromatic carbocycles. The summed E-state index contributed by atoms with van der Waals surface area (Å²) in [6.45, 7) is 1.35. The molecule has 2 aromatic rings. The lowest BCUT2D eigenvalue weighted by Crippen LogP contribution is -2.28. The van der Waals surface area contributed by atoms with Crippen molar-refractivity contribution in [1.29, 1.82) is 0 Å². The Balaban J connectivity index is 2.55. The van der Waals surface area contributed by atoms with E-state index in [2.05, 4.69) is 10.3 Å². The topological polar surface area (TPSA) is 79.3 Å². The van der Waals surface area contributed by atoms with E-state index in [4.69, 9.17) is 16.7 Å². The zero-order valence-corrected chi connectivity index (χ0v) is 11.5. The van der Waals surface area contributed by atoms with Gasteiger partial charge in [0.25, 0.3) is 0 Å². The van der Waals surface area contributed by atoms with Crippen molar-refractivity contribution >= 4 is 34.4 Å². The van der Waals surface area contributed by atoms with E-state index in [-0.39, 0.29) is 12.3 Å². The molecule has 0 aliphatic carbocycles. The number of rotatable bonds is 4. The SMILES string of the molecule is CC(=O)N[C@@H](CC(=O)O)c1ccc(Cl)c2cccnc12. The molecular formula is C14H13ClN2O3. The standard InChI is InChI=1S/C14H13ClN2O3/c1-8(18)17-12(7-13(19)20)10-4-5-11(15)9-3-2-6-16-14(9)10/h2-6,12H,7H2,1H3,(H,17,18)(H,19,20)/t12-/m0/s1. The van der Waals surface area contributed by atoms with Gasteiger partial charge in [0.05, 0.1) is 18.0 Å². The monoisotopic (exact) mass is 292 g/mol. The summed E-state index contributed by atoms with van der Waals surface area (Å²) in [5.74, 6) is -1.29. The van der Waals surface area contributed by atoms with Crippen molar-refractivity contribution in [2.45, 2.75) is 19.4 Å². The van der Waals surface area contributed by atoms with Gasteiger partial charge in [0.15, 0.2) is 0 Å². The van der Waals surface area contributed by atoms with Crippen molar-refractivity contribution in [2.75, 3.05) is 0 Å². The number of nitrogens with one attached hydrogen (secondary N) is 1. The first-order valence-corrected chi connectivity index (χ1v) is 6.39. The third-order valence-electron chi connectivity index (χ3n) is 2.88. The molecule has 0 unspecified atom stereocenters. The summed E-state index contributed by atoms with van der Waals surface area (Å²) >= 11 is 6.10. The quantitative estimate of drug-likeness (QED) is 0.907. The molecule has 0 saturated heterocycles. The number of carbonyl (C=O) groups is 2. The maximum Gasteiger partial charge on any atom is 0.305 e. The minimum absolute atomic E-state index is 0.215. The molecule has 0 fully saturated rings. The Morgan fingerprint density at radius 3 is 2.80 bits per heavy atom. The number of hydrogen-bond acceptors (Lipinski definition) is 3. The third-order valence-corrected chi connectivity index (χ3v) is 3.21. The molecule has 1 heterocycles. The van der Waals surface area contributed by atoms with E-state index in [1.54, 1.807) is 30.5 Å². The molecule has 2 N–H and O–H groups in total. The Hall–Kier alpha value is -2.14. The first-order chi connectivity index (χ1) is 9.49. The number of carbonyl (C=O) groups excluding carboxylic acids is 1. The van der Waals surface area contributed by atoms with E-state index in [0.717, 1.165) is 5.39 Å². The maximum absolute atomic E-state index is 11.3. The van der Waals surface area contributed by atoms with Crippen LogP contribution in [-0.4, -0.2) is 22.0 Å². The van der Waals surface area contributed by atoms with Crippen LogP contribution in [0.25, 0.3) is 10.9 Å². The fraction of sp³-hybridized carbons (Fsp3) is 0.214. The molecule has 104 valence electrons. The number of amides is 1. The number of aromatic nitrogens is 1. The highest BCUT2D eigenvalue weighted by Crippen LogP contribution is 2.29. The van der Waals surface area contributed by atoms with E-state index >= 15 is 0 Å². The third kappa shape index (κ3) is 3.05. The summed E-state index contributed by atoms with van der Waals surface area (Å²) in [7, 11) is 0. The molecule has 1 aromatic heterocycles. The first kappa shape index (κ1) is 14.3. The predicted molar refractivity (Wildman–Crippen MR) is 75.6 cm³/mol. The van der Waals surface area contributed by atoms with Gasteiger partial charge in [-0.3, -0.25) is 14.6 Å². The molecule has 0 bridgehead atoms. The average molecular weight is 293 g/mol. The minimum atomic E-state index is -0.997. The number of fused-ring (bicyclic) bond motifs is 1. The smallest absolute Gasteiger partial charge is 0.305 e. The zero-order chi connectivity index (χ0) is 14.7. The number of halogens is 1. The molecule has 0 saturated carbocycles. The van der Waals surface area contributed by atoms with E-state index in [9.17, 15) is 9.59 Å². The minimum Gasteiger partial charge on any atom is -0.481 e. The van der Waals surface area contributed by atoms with Crippen molar-refractivity contribution in [2.24, 2.45) is 0 Å². The number of pyridine rings is 1. The number of carboxylic acids is 1. The number of carboxylic acid groups (broad SMARTS) is 1. The highest BCUT2D eigenvalue weighted by Gasteiger charge is 2.20. The van der Waals surface area contributed by atoms with Gasteiger partial charge in [0, 0.05) is 29.1 Å². The molecule has 20 heavy (non-hydrogen) atoms. The van der Waals surface area contributed by atoms with Crippen LogP contribution in [0.5, 0.6) is 0 Å². The number of aliphatic carboxylic acids is 1. The Labute approximate surface area is 120 Å². The molecular weight excluding hydrogens is 280 g/mol. The van der Waals surface area contributed by atoms with Crippen molar-refractivity contribution in [3.05, 3.63) is 41.0 Å². The van der Waals surface area contributed by atoms with Crippen LogP contribution in [0.1, 0.15) is 24.9 Å². The van der Waals surface area contributed by atoms with Crippen molar-refractivity contribution < 1.29 is 14.7 Å². The van der Waals surface area contributed by atoms with Crippen molar-refractivity contribution in [3.8, 4) is 0 Å². The summed E-state index contributed by atoms with van der Waals surface area (Å²) < 4.78 is 0. The van der Waals surface area contributed by atoms with Crippen LogP contribution in [0.15, 0.2) is 30.5 Å². The molecule has 5 nitrogen and oxygen atoms in total. The van der Waals surface area contributed by atoms with Gasteiger partial charge in [0.1, 0.15) is 0 Å². The lowest BCUT2D eigenvalue weighted by Gasteiger charge is -2.18. The number of benzene rings is 1. The second-order valence-electron chi connectivity index (χ2n) is 4.39. The largest absolute Gasteiger partial charge is 0.481 e. The fourth-order valence-corrected chi connectivity index (χ4v) is 2.32. The Morgan fingerprint density at radius 2 is 2.15 bits per heavy atom.